The second kappa shape index (κ2) is 5.01. The molecule has 0 aliphatic carbocycles. The van der Waals surface area contributed by atoms with E-state index in [4.69, 9.17) is 0 Å². The molecule has 1 fully saturated rings. The van der Waals surface area contributed by atoms with Gasteiger partial charge in [-0.15, -0.1) is 0 Å². The Morgan fingerprint density at radius 1 is 1.28 bits per heavy atom. The van der Waals surface area contributed by atoms with E-state index in [1.165, 1.54) is 0 Å². The van der Waals surface area contributed by atoms with Crippen molar-refractivity contribution in [3.05, 3.63) is 35.9 Å². The number of nitrogens with zero attached hydrogens (tertiary/aromatic N) is 1. The molecule has 1 unspecified atom stereocenters. The van der Waals surface area contributed by atoms with E-state index in [-0.39, 0.29) is 0 Å². The van der Waals surface area contributed by atoms with Crippen molar-refractivity contribution in [2.75, 3.05) is 6.54 Å². The molecule has 1 aliphatic rings. The Bertz CT molecular complexity index is 504. The Balaban J connectivity index is 2.41. The molecule has 4 heteroatoms. The minimum Gasteiger partial charge on any atom is -0.354 e. The van der Waals surface area contributed by atoms with Crippen LogP contribution in [0.25, 0.3) is 0 Å². The number of benzene rings is 1. The first kappa shape index (κ1) is 12.3. The Hall–Kier alpha value is -2.15. The monoisotopic (exact) mass is 242 g/mol. The van der Waals surface area contributed by atoms with Gasteiger partial charge in [0.2, 0.25) is 5.91 Å². The Morgan fingerprint density at radius 3 is 2.67 bits per heavy atom. The molecule has 0 aromatic heterocycles. The van der Waals surface area contributed by atoms with Crippen LogP contribution in [0.3, 0.4) is 0 Å². The van der Waals surface area contributed by atoms with Crippen molar-refractivity contribution >= 4 is 11.7 Å². The highest BCUT2D eigenvalue weighted by Crippen LogP contribution is 2.30. The predicted molar refractivity (Wildman–Crippen MR) is 65.7 cm³/mol. The smallest absolute Gasteiger partial charge is 0.248 e. The number of nitriles is 1. The largest absolute Gasteiger partial charge is 0.354 e. The van der Waals surface area contributed by atoms with Crippen LogP contribution in [0.4, 0.5) is 0 Å². The highest BCUT2D eigenvalue weighted by Gasteiger charge is 2.46. The topological polar surface area (TPSA) is 70.0 Å². The van der Waals surface area contributed by atoms with Gasteiger partial charge in [-0.1, -0.05) is 30.3 Å². The van der Waals surface area contributed by atoms with E-state index in [0.29, 0.717) is 24.9 Å². The zero-order valence-corrected chi connectivity index (χ0v) is 9.98. The van der Waals surface area contributed by atoms with Crippen LogP contribution in [0, 0.1) is 16.7 Å². The average molecular weight is 242 g/mol. The van der Waals surface area contributed by atoms with Crippen molar-refractivity contribution < 1.29 is 9.59 Å². The summed E-state index contributed by atoms with van der Waals surface area (Å²) in [5.74, 6) is -0.860. The van der Waals surface area contributed by atoms with Crippen LogP contribution in [0.2, 0.25) is 0 Å². The van der Waals surface area contributed by atoms with Gasteiger partial charge in [0.15, 0.2) is 11.2 Å². The highest BCUT2D eigenvalue weighted by molar-refractivity contribution is 6.16. The molecule has 1 heterocycles. The zero-order chi connectivity index (χ0) is 13.0. The van der Waals surface area contributed by atoms with Crippen LogP contribution >= 0.6 is 0 Å². The van der Waals surface area contributed by atoms with Gasteiger partial charge >= 0.3 is 0 Å². The molecule has 0 spiro atoms. The van der Waals surface area contributed by atoms with Crippen molar-refractivity contribution in [3.8, 4) is 6.07 Å². The van der Waals surface area contributed by atoms with Gasteiger partial charge in [-0.25, -0.2) is 0 Å². The molecule has 18 heavy (non-hydrogen) atoms. The van der Waals surface area contributed by atoms with E-state index in [2.05, 4.69) is 5.32 Å². The number of ketones is 1. The van der Waals surface area contributed by atoms with E-state index in [1.807, 2.05) is 6.07 Å². The maximum absolute atomic E-state index is 12.4. The molecule has 0 saturated carbocycles. The molecule has 0 radical (unpaired) electrons. The van der Waals surface area contributed by atoms with Gasteiger partial charge in [0, 0.05) is 12.1 Å². The molecule has 1 amide bonds. The van der Waals surface area contributed by atoms with Crippen molar-refractivity contribution in [1.29, 1.82) is 5.26 Å². The molecule has 92 valence electrons. The van der Waals surface area contributed by atoms with Crippen LogP contribution in [-0.2, 0) is 4.79 Å². The molecular formula is C14H14N2O2. The van der Waals surface area contributed by atoms with E-state index >= 15 is 0 Å². The summed E-state index contributed by atoms with van der Waals surface area (Å²) in [6.45, 7) is 0.532. The fraction of sp³-hybridized carbons (Fsp3) is 0.357. The first-order chi connectivity index (χ1) is 8.70. The molecule has 1 atom stereocenters. The van der Waals surface area contributed by atoms with Crippen LogP contribution in [0.1, 0.15) is 29.6 Å². The predicted octanol–water partition coefficient (Wildman–Crippen LogP) is 1.68. The van der Waals surface area contributed by atoms with Gasteiger partial charge < -0.3 is 5.32 Å². The summed E-state index contributed by atoms with van der Waals surface area (Å²) in [5.41, 5.74) is -1.14. The average Bonchev–Trinajstić information content (AvgIpc) is 2.61. The van der Waals surface area contributed by atoms with Gasteiger partial charge in [-0.2, -0.15) is 5.26 Å². The van der Waals surface area contributed by atoms with Gasteiger partial charge in [-0.05, 0) is 19.3 Å². The summed E-state index contributed by atoms with van der Waals surface area (Å²) in [5, 5.41) is 12.0. The summed E-state index contributed by atoms with van der Waals surface area (Å²) in [4.78, 5) is 24.5. The van der Waals surface area contributed by atoms with Crippen LogP contribution in [0.5, 0.6) is 0 Å². The Kier molecular flexibility index (Phi) is 3.42. The minimum atomic E-state index is -1.56. The van der Waals surface area contributed by atoms with E-state index in [9.17, 15) is 14.9 Å². The van der Waals surface area contributed by atoms with Crippen molar-refractivity contribution in [1.82, 2.24) is 5.32 Å². The summed E-state index contributed by atoms with van der Waals surface area (Å²) >= 11 is 0. The summed E-state index contributed by atoms with van der Waals surface area (Å²) in [6.07, 6.45) is 1.80. The third-order valence-electron chi connectivity index (χ3n) is 3.27. The van der Waals surface area contributed by atoms with Crippen LogP contribution in [-0.4, -0.2) is 18.2 Å². The summed E-state index contributed by atoms with van der Waals surface area (Å²) in [7, 11) is 0. The second-order valence-electron chi connectivity index (χ2n) is 4.43. The fourth-order valence-electron chi connectivity index (χ4n) is 2.19. The van der Waals surface area contributed by atoms with E-state index in [1.54, 1.807) is 30.3 Å². The van der Waals surface area contributed by atoms with Crippen molar-refractivity contribution in [2.24, 2.45) is 5.41 Å². The maximum atomic E-state index is 12.4. The molecular weight excluding hydrogens is 228 g/mol. The van der Waals surface area contributed by atoms with E-state index < -0.39 is 17.1 Å². The lowest BCUT2D eigenvalue weighted by Gasteiger charge is -2.21. The molecule has 1 aromatic rings. The Labute approximate surface area is 106 Å². The fourth-order valence-corrected chi connectivity index (χ4v) is 2.19. The molecule has 4 nitrogen and oxygen atoms in total. The number of amides is 1. The number of Topliss-reactive ketones (excluding diaryl/α,β-unsaturated/α-hetero) is 1. The summed E-state index contributed by atoms with van der Waals surface area (Å²) in [6, 6.07) is 10.5. The molecule has 1 aromatic carbocycles. The lowest BCUT2D eigenvalue weighted by Crippen LogP contribution is -2.44. The maximum Gasteiger partial charge on any atom is 0.248 e. The second-order valence-corrected chi connectivity index (χ2v) is 4.43. The van der Waals surface area contributed by atoms with E-state index in [0.717, 1.165) is 6.42 Å². The van der Waals surface area contributed by atoms with Crippen LogP contribution < -0.4 is 5.32 Å². The Morgan fingerprint density at radius 2 is 2.00 bits per heavy atom. The third kappa shape index (κ3) is 2.00. The first-order valence-electron chi connectivity index (χ1n) is 6.00. The van der Waals surface area contributed by atoms with Crippen molar-refractivity contribution in [3.63, 3.8) is 0 Å². The highest BCUT2D eigenvalue weighted by atomic mass is 16.2. The number of nitrogens with one attached hydrogen (secondary N) is 1. The zero-order valence-electron chi connectivity index (χ0n) is 9.98. The van der Waals surface area contributed by atoms with Gasteiger partial charge in [-0.3, -0.25) is 9.59 Å². The SMILES string of the molecule is N#CC1(C(=O)c2ccccc2)CCCCNC1=O. The number of carbonyl (C=O) groups excluding carboxylic acids is 2. The normalized spacial score (nSPS) is 23.6. The standard InChI is InChI=1S/C14H14N2O2/c15-10-14(8-4-5-9-16-13(14)18)12(17)11-6-2-1-3-7-11/h1-3,6-7H,4-5,8-9H2,(H,16,18). The van der Waals surface area contributed by atoms with Gasteiger partial charge in [0.25, 0.3) is 0 Å². The minimum absolute atomic E-state index is 0.295. The first-order valence-corrected chi connectivity index (χ1v) is 6.00. The van der Waals surface area contributed by atoms with Crippen LogP contribution in [0.15, 0.2) is 30.3 Å². The quantitative estimate of drug-likeness (QED) is 0.633. The lowest BCUT2D eigenvalue weighted by atomic mass is 9.77. The summed E-state index contributed by atoms with van der Waals surface area (Å²) < 4.78 is 0. The number of hydrogen-bond acceptors (Lipinski definition) is 3. The number of hydrogen-bond donors (Lipinski definition) is 1. The molecule has 1 saturated heterocycles. The molecule has 1 aliphatic heterocycles. The molecule has 0 bridgehead atoms. The number of rotatable bonds is 2. The van der Waals surface area contributed by atoms with Crippen molar-refractivity contribution in [2.45, 2.75) is 19.3 Å². The molecule has 2 rings (SSSR count). The number of carbonyl (C=O) groups is 2. The molecule has 1 N–H and O–H groups in total. The van der Waals surface area contributed by atoms with Gasteiger partial charge in [0.05, 0.1) is 6.07 Å². The van der Waals surface area contributed by atoms with Gasteiger partial charge in [0.1, 0.15) is 0 Å². The third-order valence-corrected chi connectivity index (χ3v) is 3.27. The lowest BCUT2D eigenvalue weighted by molar-refractivity contribution is -0.125.